The van der Waals surface area contributed by atoms with E-state index in [4.69, 9.17) is 0 Å². The molecule has 15 heavy (non-hydrogen) atoms. The van der Waals surface area contributed by atoms with Crippen molar-refractivity contribution in [1.82, 2.24) is 4.90 Å². The molecule has 0 radical (unpaired) electrons. The van der Waals surface area contributed by atoms with Crippen LogP contribution >= 0.6 is 0 Å². The Balaban J connectivity index is 1.81. The van der Waals surface area contributed by atoms with Gasteiger partial charge in [0, 0.05) is 19.5 Å². The Hall–Kier alpha value is -0.790. The van der Waals surface area contributed by atoms with Crippen molar-refractivity contribution in [2.45, 2.75) is 51.0 Å². The highest BCUT2D eigenvalue weighted by molar-refractivity contribution is 5.76. The summed E-state index contributed by atoms with van der Waals surface area (Å²) in [7, 11) is 1.98. The van der Waals surface area contributed by atoms with Crippen molar-refractivity contribution in [3.63, 3.8) is 0 Å². The summed E-state index contributed by atoms with van der Waals surface area (Å²) in [6.07, 6.45) is 12.5. The fraction of sp³-hybridized carbons (Fsp3) is 0.769. The van der Waals surface area contributed by atoms with Gasteiger partial charge in [-0.15, -0.1) is 0 Å². The predicted molar refractivity (Wildman–Crippen MR) is 61.5 cm³/mol. The first kappa shape index (κ1) is 10.7. The van der Waals surface area contributed by atoms with Crippen LogP contribution in [-0.4, -0.2) is 23.9 Å². The van der Waals surface area contributed by atoms with Gasteiger partial charge in [-0.25, -0.2) is 0 Å². The van der Waals surface area contributed by atoms with Gasteiger partial charge in [-0.05, 0) is 31.6 Å². The van der Waals surface area contributed by atoms with Crippen molar-refractivity contribution in [1.29, 1.82) is 0 Å². The molecule has 2 aliphatic rings. The molecule has 2 aliphatic carbocycles. The molecule has 0 aromatic rings. The lowest BCUT2D eigenvalue weighted by atomic mass is 10.0. The van der Waals surface area contributed by atoms with Gasteiger partial charge in [0.1, 0.15) is 0 Å². The van der Waals surface area contributed by atoms with Gasteiger partial charge in [0.25, 0.3) is 0 Å². The van der Waals surface area contributed by atoms with Crippen LogP contribution in [0.3, 0.4) is 0 Å². The molecular formula is C13H21NO. The summed E-state index contributed by atoms with van der Waals surface area (Å²) >= 11 is 0. The number of hydrogen-bond acceptors (Lipinski definition) is 1. The summed E-state index contributed by atoms with van der Waals surface area (Å²) in [4.78, 5) is 14.0. The molecule has 2 nitrogen and oxygen atoms in total. The van der Waals surface area contributed by atoms with Crippen LogP contribution in [0.1, 0.15) is 44.9 Å². The van der Waals surface area contributed by atoms with E-state index in [-0.39, 0.29) is 0 Å². The molecular weight excluding hydrogens is 186 g/mol. The lowest BCUT2D eigenvalue weighted by molar-refractivity contribution is -0.132. The second-order valence-corrected chi connectivity index (χ2v) is 4.91. The minimum Gasteiger partial charge on any atom is -0.343 e. The van der Waals surface area contributed by atoms with Gasteiger partial charge in [0.15, 0.2) is 0 Å². The average Bonchev–Trinajstić information content (AvgIpc) is 2.88. The van der Waals surface area contributed by atoms with Gasteiger partial charge < -0.3 is 4.90 Å². The molecule has 0 N–H and O–H groups in total. The van der Waals surface area contributed by atoms with Crippen molar-refractivity contribution < 1.29 is 4.79 Å². The van der Waals surface area contributed by atoms with E-state index in [9.17, 15) is 4.79 Å². The second kappa shape index (κ2) is 4.82. The number of hydrogen-bond donors (Lipinski definition) is 0. The first-order valence-electron chi connectivity index (χ1n) is 6.19. The third-order valence-electron chi connectivity index (χ3n) is 3.81. The summed E-state index contributed by atoms with van der Waals surface area (Å²) < 4.78 is 0. The largest absolute Gasteiger partial charge is 0.343 e. The van der Waals surface area contributed by atoms with Crippen LogP contribution in [0, 0.1) is 5.92 Å². The zero-order valence-corrected chi connectivity index (χ0v) is 9.61. The quantitative estimate of drug-likeness (QED) is 0.652. The topological polar surface area (TPSA) is 20.3 Å². The van der Waals surface area contributed by atoms with Gasteiger partial charge in [0.05, 0.1) is 0 Å². The highest BCUT2D eigenvalue weighted by Crippen LogP contribution is 2.25. The smallest absolute Gasteiger partial charge is 0.223 e. The van der Waals surface area contributed by atoms with E-state index >= 15 is 0 Å². The highest BCUT2D eigenvalue weighted by atomic mass is 16.2. The van der Waals surface area contributed by atoms with E-state index < -0.39 is 0 Å². The third kappa shape index (κ3) is 2.61. The minimum atomic E-state index is 0.346. The van der Waals surface area contributed by atoms with Crippen molar-refractivity contribution in [3.05, 3.63) is 12.2 Å². The number of nitrogens with zero attached hydrogens (tertiary/aromatic N) is 1. The maximum atomic E-state index is 12.0. The molecule has 1 saturated carbocycles. The molecule has 0 saturated heterocycles. The van der Waals surface area contributed by atoms with Crippen LogP contribution < -0.4 is 0 Å². The van der Waals surface area contributed by atoms with Crippen LogP contribution in [0.15, 0.2) is 12.2 Å². The molecule has 1 atom stereocenters. The van der Waals surface area contributed by atoms with E-state index in [1.807, 2.05) is 11.9 Å². The Morgan fingerprint density at radius 1 is 1.33 bits per heavy atom. The van der Waals surface area contributed by atoms with Crippen molar-refractivity contribution in [2.24, 2.45) is 5.92 Å². The maximum Gasteiger partial charge on any atom is 0.223 e. The SMILES string of the molecule is CN(C(=O)C[C@@H]1C=CCC1)C1CCCC1. The summed E-state index contributed by atoms with van der Waals surface area (Å²) in [6.45, 7) is 0. The number of carbonyl (C=O) groups excluding carboxylic acids is 1. The van der Waals surface area contributed by atoms with Gasteiger partial charge in [-0.2, -0.15) is 0 Å². The molecule has 84 valence electrons. The zero-order valence-electron chi connectivity index (χ0n) is 9.61. The summed E-state index contributed by atoms with van der Waals surface area (Å²) in [5, 5.41) is 0. The molecule has 0 bridgehead atoms. The number of amides is 1. The fourth-order valence-corrected chi connectivity index (χ4v) is 2.73. The van der Waals surface area contributed by atoms with Gasteiger partial charge >= 0.3 is 0 Å². The Labute approximate surface area is 92.3 Å². The molecule has 1 amide bonds. The van der Waals surface area contributed by atoms with Crippen molar-refractivity contribution in [2.75, 3.05) is 7.05 Å². The highest BCUT2D eigenvalue weighted by Gasteiger charge is 2.24. The molecule has 0 aliphatic heterocycles. The molecule has 0 heterocycles. The van der Waals surface area contributed by atoms with Crippen molar-refractivity contribution in [3.8, 4) is 0 Å². The van der Waals surface area contributed by atoms with Crippen LogP contribution in [-0.2, 0) is 4.79 Å². The normalized spacial score (nSPS) is 26.1. The van der Waals surface area contributed by atoms with Crippen LogP contribution in [0.2, 0.25) is 0 Å². The number of allylic oxidation sites excluding steroid dienone is 2. The molecule has 0 aromatic carbocycles. The van der Waals surface area contributed by atoms with E-state index in [0.29, 0.717) is 17.9 Å². The Morgan fingerprint density at radius 3 is 2.67 bits per heavy atom. The van der Waals surface area contributed by atoms with Crippen molar-refractivity contribution >= 4 is 5.91 Å². The van der Waals surface area contributed by atoms with E-state index in [2.05, 4.69) is 12.2 Å². The first-order valence-corrected chi connectivity index (χ1v) is 6.19. The molecule has 2 heteroatoms. The minimum absolute atomic E-state index is 0.346. The fourth-order valence-electron chi connectivity index (χ4n) is 2.73. The van der Waals surface area contributed by atoms with Crippen LogP contribution in [0.4, 0.5) is 0 Å². The second-order valence-electron chi connectivity index (χ2n) is 4.91. The van der Waals surface area contributed by atoms with Gasteiger partial charge in [-0.3, -0.25) is 4.79 Å². The molecule has 1 fully saturated rings. The molecule has 0 spiro atoms. The maximum absolute atomic E-state index is 12.0. The van der Waals surface area contributed by atoms with E-state index in [1.165, 1.54) is 32.1 Å². The lowest BCUT2D eigenvalue weighted by Gasteiger charge is -2.25. The van der Waals surface area contributed by atoms with E-state index in [0.717, 1.165) is 12.8 Å². The standard InChI is InChI=1S/C13H21NO/c1-14(12-8-4-5-9-12)13(15)10-11-6-2-3-7-11/h2,6,11-12H,3-5,7-10H2,1H3/t11-/m1/s1. The lowest BCUT2D eigenvalue weighted by Crippen LogP contribution is -2.35. The Kier molecular flexibility index (Phi) is 3.45. The van der Waals surface area contributed by atoms with Crippen LogP contribution in [0.5, 0.6) is 0 Å². The summed E-state index contributed by atoms with van der Waals surface area (Å²) in [6, 6.07) is 0.530. The predicted octanol–water partition coefficient (Wildman–Crippen LogP) is 2.74. The van der Waals surface area contributed by atoms with Gasteiger partial charge in [-0.1, -0.05) is 25.0 Å². The van der Waals surface area contributed by atoms with E-state index in [1.54, 1.807) is 0 Å². The number of rotatable bonds is 3. The average molecular weight is 207 g/mol. The Morgan fingerprint density at radius 2 is 2.07 bits per heavy atom. The molecule has 0 unspecified atom stereocenters. The van der Waals surface area contributed by atoms with Crippen LogP contribution in [0.25, 0.3) is 0 Å². The molecule has 2 rings (SSSR count). The summed E-state index contributed by atoms with van der Waals surface area (Å²) in [5.41, 5.74) is 0. The number of carbonyl (C=O) groups is 1. The Bertz CT molecular complexity index is 253. The third-order valence-corrected chi connectivity index (χ3v) is 3.81. The zero-order chi connectivity index (χ0) is 10.7. The van der Waals surface area contributed by atoms with Gasteiger partial charge in [0.2, 0.25) is 5.91 Å². The first-order chi connectivity index (χ1) is 7.27. The summed E-state index contributed by atoms with van der Waals surface area (Å²) in [5.74, 6) is 0.861. The molecule has 0 aromatic heterocycles. The monoisotopic (exact) mass is 207 g/mol.